The Balaban J connectivity index is 1.56. The van der Waals surface area contributed by atoms with Crippen molar-refractivity contribution in [1.82, 2.24) is 19.9 Å². The molecule has 1 aliphatic heterocycles. The third kappa shape index (κ3) is 5.91. The first kappa shape index (κ1) is 23.7. The average molecular weight is 474 g/mol. The van der Waals surface area contributed by atoms with Crippen LogP contribution in [0.15, 0.2) is 48.5 Å². The SMILES string of the molecule is Cc1nc(Nc2ccc(Oc3ccccc3)cc2C(F)(F)F)nc(N2CCN(CCO)CC2)n1. The predicted octanol–water partition coefficient (Wildman–Crippen LogP) is 3.85. The number of halogens is 3. The van der Waals surface area contributed by atoms with Crippen molar-refractivity contribution in [3.63, 3.8) is 0 Å². The van der Waals surface area contributed by atoms with Crippen LogP contribution in [0.2, 0.25) is 0 Å². The molecule has 4 rings (SSSR count). The van der Waals surface area contributed by atoms with E-state index < -0.39 is 11.7 Å². The predicted molar refractivity (Wildman–Crippen MR) is 122 cm³/mol. The molecule has 1 saturated heterocycles. The lowest BCUT2D eigenvalue weighted by Crippen LogP contribution is -2.47. The molecule has 1 aromatic heterocycles. The Bertz CT molecular complexity index is 1110. The molecule has 0 bridgehead atoms. The highest BCUT2D eigenvalue weighted by atomic mass is 19.4. The maximum absolute atomic E-state index is 13.8. The molecule has 11 heteroatoms. The highest BCUT2D eigenvalue weighted by Crippen LogP contribution is 2.39. The molecular weight excluding hydrogens is 449 g/mol. The number of hydrogen-bond donors (Lipinski definition) is 2. The lowest BCUT2D eigenvalue weighted by atomic mass is 10.1. The van der Waals surface area contributed by atoms with E-state index in [4.69, 9.17) is 9.84 Å². The first-order valence-electron chi connectivity index (χ1n) is 10.8. The summed E-state index contributed by atoms with van der Waals surface area (Å²) in [7, 11) is 0. The molecule has 0 atom stereocenters. The summed E-state index contributed by atoms with van der Waals surface area (Å²) in [6.45, 7) is 5.10. The van der Waals surface area contributed by atoms with E-state index >= 15 is 0 Å². The van der Waals surface area contributed by atoms with E-state index in [2.05, 4.69) is 25.2 Å². The number of aliphatic hydroxyl groups is 1. The van der Waals surface area contributed by atoms with Crippen LogP contribution in [0.4, 0.5) is 30.8 Å². The van der Waals surface area contributed by atoms with E-state index in [1.165, 1.54) is 12.1 Å². The molecule has 0 spiro atoms. The monoisotopic (exact) mass is 474 g/mol. The van der Waals surface area contributed by atoms with Gasteiger partial charge in [0.05, 0.1) is 17.9 Å². The van der Waals surface area contributed by atoms with Crippen LogP contribution in [0.5, 0.6) is 11.5 Å². The minimum Gasteiger partial charge on any atom is -0.457 e. The molecule has 2 aromatic carbocycles. The van der Waals surface area contributed by atoms with Crippen LogP contribution in [-0.4, -0.2) is 64.3 Å². The van der Waals surface area contributed by atoms with Crippen LogP contribution in [0.1, 0.15) is 11.4 Å². The van der Waals surface area contributed by atoms with E-state index in [1.54, 1.807) is 37.3 Å². The Morgan fingerprint density at radius 1 is 0.971 bits per heavy atom. The smallest absolute Gasteiger partial charge is 0.418 e. The second kappa shape index (κ2) is 10.2. The molecule has 180 valence electrons. The molecule has 2 heterocycles. The molecule has 0 saturated carbocycles. The van der Waals surface area contributed by atoms with Crippen molar-refractivity contribution < 1.29 is 23.0 Å². The van der Waals surface area contributed by atoms with Crippen LogP contribution >= 0.6 is 0 Å². The van der Waals surface area contributed by atoms with Crippen molar-refractivity contribution in [3.8, 4) is 11.5 Å². The van der Waals surface area contributed by atoms with Gasteiger partial charge in [-0.25, -0.2) is 0 Å². The number of ether oxygens (including phenoxy) is 1. The molecular formula is C23H25F3N6O2. The van der Waals surface area contributed by atoms with Gasteiger partial charge < -0.3 is 20.1 Å². The maximum Gasteiger partial charge on any atom is 0.418 e. The number of rotatable bonds is 7. The summed E-state index contributed by atoms with van der Waals surface area (Å²) in [6, 6.07) is 12.3. The van der Waals surface area contributed by atoms with Crippen molar-refractivity contribution in [2.24, 2.45) is 0 Å². The third-order valence-corrected chi connectivity index (χ3v) is 5.33. The van der Waals surface area contributed by atoms with Gasteiger partial charge in [0, 0.05) is 32.7 Å². The van der Waals surface area contributed by atoms with Gasteiger partial charge in [0.1, 0.15) is 17.3 Å². The van der Waals surface area contributed by atoms with Gasteiger partial charge in [0.2, 0.25) is 11.9 Å². The number of piperazine rings is 1. The first-order chi connectivity index (χ1) is 16.3. The fraction of sp³-hybridized carbons (Fsp3) is 0.348. The quantitative estimate of drug-likeness (QED) is 0.534. The lowest BCUT2D eigenvalue weighted by Gasteiger charge is -2.34. The number of aromatic nitrogens is 3. The minimum atomic E-state index is -4.62. The summed E-state index contributed by atoms with van der Waals surface area (Å²) >= 11 is 0. The summed E-state index contributed by atoms with van der Waals surface area (Å²) in [6.07, 6.45) is -4.62. The zero-order valence-electron chi connectivity index (χ0n) is 18.6. The van der Waals surface area contributed by atoms with Crippen LogP contribution in [-0.2, 0) is 6.18 Å². The Morgan fingerprint density at radius 3 is 2.38 bits per heavy atom. The summed E-state index contributed by atoms with van der Waals surface area (Å²) in [4.78, 5) is 17.0. The second-order valence-electron chi connectivity index (χ2n) is 7.80. The van der Waals surface area contributed by atoms with E-state index in [1.807, 2.05) is 4.90 Å². The second-order valence-corrected chi connectivity index (χ2v) is 7.80. The number of benzene rings is 2. The number of anilines is 3. The highest BCUT2D eigenvalue weighted by Gasteiger charge is 2.34. The zero-order chi connectivity index (χ0) is 24.1. The van der Waals surface area contributed by atoms with E-state index in [-0.39, 0.29) is 24.0 Å². The maximum atomic E-state index is 13.8. The minimum absolute atomic E-state index is 0.0301. The Labute approximate surface area is 195 Å². The van der Waals surface area contributed by atoms with Crippen molar-refractivity contribution in [1.29, 1.82) is 0 Å². The molecule has 0 radical (unpaired) electrons. The lowest BCUT2D eigenvalue weighted by molar-refractivity contribution is -0.137. The van der Waals surface area contributed by atoms with Gasteiger partial charge in [-0.1, -0.05) is 18.2 Å². The largest absolute Gasteiger partial charge is 0.457 e. The fourth-order valence-corrected chi connectivity index (χ4v) is 3.65. The molecule has 1 aliphatic rings. The molecule has 34 heavy (non-hydrogen) atoms. The first-order valence-corrected chi connectivity index (χ1v) is 10.8. The van der Waals surface area contributed by atoms with Gasteiger partial charge in [0.15, 0.2) is 0 Å². The summed E-state index contributed by atoms with van der Waals surface area (Å²) in [5.74, 6) is 1.33. The average Bonchev–Trinajstić information content (AvgIpc) is 2.80. The Hall–Kier alpha value is -3.44. The number of aliphatic hydroxyl groups excluding tert-OH is 1. The van der Waals surface area contributed by atoms with Crippen LogP contribution < -0.4 is 15.0 Å². The van der Waals surface area contributed by atoms with Crippen LogP contribution in [0, 0.1) is 6.92 Å². The molecule has 3 aromatic rings. The van der Waals surface area contributed by atoms with Gasteiger partial charge in [-0.2, -0.15) is 28.1 Å². The van der Waals surface area contributed by atoms with Gasteiger partial charge in [-0.05, 0) is 37.3 Å². The van der Waals surface area contributed by atoms with Crippen molar-refractivity contribution in [2.75, 3.05) is 49.5 Å². The van der Waals surface area contributed by atoms with Gasteiger partial charge in [0.25, 0.3) is 0 Å². The van der Waals surface area contributed by atoms with Gasteiger partial charge in [-0.15, -0.1) is 0 Å². The van der Waals surface area contributed by atoms with E-state index in [9.17, 15) is 13.2 Å². The number of nitrogens with one attached hydrogen (secondary N) is 1. The number of alkyl halides is 3. The van der Waals surface area contributed by atoms with Crippen LogP contribution in [0.25, 0.3) is 0 Å². The Kier molecular flexibility index (Phi) is 7.13. The molecule has 1 fully saturated rings. The Morgan fingerprint density at radius 2 is 1.71 bits per heavy atom. The highest BCUT2D eigenvalue weighted by molar-refractivity contribution is 5.62. The van der Waals surface area contributed by atoms with E-state index in [0.717, 1.165) is 19.2 Å². The molecule has 2 N–H and O–H groups in total. The fourth-order valence-electron chi connectivity index (χ4n) is 3.65. The summed E-state index contributed by atoms with van der Waals surface area (Å²) < 4.78 is 47.1. The zero-order valence-corrected chi connectivity index (χ0v) is 18.6. The molecule has 0 amide bonds. The molecule has 0 aliphatic carbocycles. The molecule has 0 unspecified atom stereocenters. The topological polar surface area (TPSA) is 86.6 Å². The number of nitrogens with zero attached hydrogens (tertiary/aromatic N) is 5. The number of aryl methyl sites for hydroxylation is 1. The van der Waals surface area contributed by atoms with Gasteiger partial charge >= 0.3 is 6.18 Å². The van der Waals surface area contributed by atoms with E-state index in [0.29, 0.717) is 37.2 Å². The summed E-state index contributed by atoms with van der Waals surface area (Å²) in [5, 5.41) is 11.8. The van der Waals surface area contributed by atoms with Crippen molar-refractivity contribution in [2.45, 2.75) is 13.1 Å². The number of β-amino-alcohol motifs (C(OH)–C–C–N with tert-alkyl or cyclic N) is 1. The standard InChI is InChI=1S/C23H25F3N6O2/c1-16-27-21(30-22(28-16)32-11-9-31(10-12-32)13-14-33)29-20-8-7-18(15-19(20)23(24,25)26)34-17-5-3-2-4-6-17/h2-8,15,33H,9-14H2,1H3,(H,27,28,29,30). The third-order valence-electron chi connectivity index (χ3n) is 5.33. The van der Waals surface area contributed by atoms with Gasteiger partial charge in [-0.3, -0.25) is 4.90 Å². The van der Waals surface area contributed by atoms with Crippen LogP contribution in [0.3, 0.4) is 0 Å². The summed E-state index contributed by atoms with van der Waals surface area (Å²) in [5.41, 5.74) is -1.07. The number of para-hydroxylation sites is 1. The normalized spacial score (nSPS) is 14.8. The van der Waals surface area contributed by atoms with Crippen molar-refractivity contribution in [3.05, 3.63) is 59.9 Å². The molecule has 8 nitrogen and oxygen atoms in total. The number of hydrogen-bond acceptors (Lipinski definition) is 8. The van der Waals surface area contributed by atoms with Crippen molar-refractivity contribution >= 4 is 17.6 Å².